The zero-order valence-electron chi connectivity index (χ0n) is 38.3. The lowest BCUT2D eigenvalue weighted by atomic mass is 9.89. The third-order valence-electron chi connectivity index (χ3n) is 9.94. The molecule has 0 aromatic heterocycles. The summed E-state index contributed by atoms with van der Waals surface area (Å²) in [5.41, 5.74) is 54.8. The predicted octanol–water partition coefficient (Wildman–Crippen LogP) is -3.69. The van der Waals surface area contributed by atoms with Gasteiger partial charge in [0, 0.05) is 75.7 Å². The number of ketones is 4. The summed E-state index contributed by atoms with van der Waals surface area (Å²) in [7, 11) is 0. The fraction of sp³-hybridized carbons (Fsp3) is 0.700. The van der Waals surface area contributed by atoms with Gasteiger partial charge in [0.05, 0.1) is 18.6 Å². The highest BCUT2D eigenvalue weighted by atomic mass is 16.2. The molecule has 65 heavy (non-hydrogen) atoms. The van der Waals surface area contributed by atoms with E-state index in [1.54, 1.807) is 13.8 Å². The van der Waals surface area contributed by atoms with E-state index < -0.39 is 65.5 Å². The first-order valence-corrected chi connectivity index (χ1v) is 21.8. The minimum Gasteiger partial charge on any atom is -0.370 e. The number of carbonyl (C=O) groups excluding carboxylic acids is 7. The number of nitrogens with two attached hydrogens (primary N) is 10. The molecule has 0 spiro atoms. The van der Waals surface area contributed by atoms with E-state index in [9.17, 15) is 33.6 Å². The summed E-state index contributed by atoms with van der Waals surface area (Å²) in [6, 6.07) is -2.30. The number of carbonyl (C=O) groups is 7. The normalized spacial score (nSPS) is 13.0. The third kappa shape index (κ3) is 29.4. The minimum absolute atomic E-state index is 0.0500. The quantitative estimate of drug-likeness (QED) is 0.0163. The average molecular weight is 921 g/mol. The van der Waals surface area contributed by atoms with Crippen molar-refractivity contribution < 1.29 is 33.6 Å². The summed E-state index contributed by atoms with van der Waals surface area (Å²) >= 11 is 0. The van der Waals surface area contributed by atoms with E-state index in [-0.39, 0.29) is 151 Å². The van der Waals surface area contributed by atoms with Crippen molar-refractivity contribution in [3.05, 3.63) is 0 Å². The third-order valence-corrected chi connectivity index (χ3v) is 9.94. The zero-order valence-corrected chi connectivity index (χ0v) is 38.3. The number of nitrogens with zero attached hydrogens (tertiary/aromatic N) is 5. The van der Waals surface area contributed by atoms with Crippen LogP contribution in [0.4, 0.5) is 0 Å². The maximum atomic E-state index is 14.3. The van der Waals surface area contributed by atoms with Crippen molar-refractivity contribution in [2.24, 2.45) is 106 Å². The summed E-state index contributed by atoms with van der Waals surface area (Å²) in [5, 5.41) is 8.19. The summed E-state index contributed by atoms with van der Waals surface area (Å²) in [6.45, 7) is 5.24. The highest BCUT2D eigenvalue weighted by Gasteiger charge is 2.33. The molecule has 23 N–H and O–H groups in total. The Morgan fingerprint density at radius 1 is 0.415 bits per heavy atom. The van der Waals surface area contributed by atoms with Crippen molar-refractivity contribution in [2.45, 2.75) is 116 Å². The van der Waals surface area contributed by atoms with Crippen LogP contribution in [0.1, 0.15) is 104 Å². The molecule has 0 bridgehead atoms. The Hall–Kier alpha value is -6.56. The van der Waals surface area contributed by atoms with Crippen molar-refractivity contribution in [3.8, 4) is 0 Å². The molecule has 3 amide bonds. The van der Waals surface area contributed by atoms with E-state index in [0.717, 1.165) is 0 Å². The number of amides is 3. The fourth-order valence-electron chi connectivity index (χ4n) is 6.47. The van der Waals surface area contributed by atoms with Crippen molar-refractivity contribution in [3.63, 3.8) is 0 Å². The fourth-order valence-corrected chi connectivity index (χ4v) is 6.47. The van der Waals surface area contributed by atoms with Gasteiger partial charge >= 0.3 is 0 Å². The Bertz CT molecular complexity index is 1690. The Morgan fingerprint density at radius 2 is 0.708 bits per heavy atom. The van der Waals surface area contributed by atoms with Crippen molar-refractivity contribution >= 4 is 70.7 Å². The summed E-state index contributed by atoms with van der Waals surface area (Å²) in [6.07, 6.45) is 1.22. The monoisotopic (exact) mass is 921 g/mol. The van der Waals surface area contributed by atoms with E-state index in [4.69, 9.17) is 57.3 Å². The summed E-state index contributed by atoms with van der Waals surface area (Å²) in [4.78, 5) is 114. The van der Waals surface area contributed by atoms with Crippen LogP contribution in [0.25, 0.3) is 0 Å². The van der Waals surface area contributed by atoms with Gasteiger partial charge in [0.1, 0.15) is 5.78 Å². The van der Waals surface area contributed by atoms with Crippen LogP contribution >= 0.6 is 0 Å². The molecular formula is C40H76N18O7. The zero-order chi connectivity index (χ0) is 49.5. The van der Waals surface area contributed by atoms with Gasteiger partial charge in [0.2, 0.25) is 17.7 Å². The van der Waals surface area contributed by atoms with Gasteiger partial charge in [-0.2, -0.15) is 0 Å². The van der Waals surface area contributed by atoms with Crippen molar-refractivity contribution in [1.29, 1.82) is 0 Å². The molecule has 0 heterocycles. The predicted molar refractivity (Wildman–Crippen MR) is 251 cm³/mol. The van der Waals surface area contributed by atoms with E-state index in [1.807, 2.05) is 0 Å². The molecule has 0 unspecified atom stereocenters. The molecule has 0 aliphatic carbocycles. The maximum absolute atomic E-state index is 14.3. The molecular weight excluding hydrogens is 845 g/mol. The number of hydrogen-bond donors (Lipinski definition) is 13. The SMILES string of the molecule is CC(=O)C[C@@H](CCCN=C(N)N)C(=O)N[C@@H](CCCN=C(N)N)C(=O)C[C@@H](CCCN=C(N)N)C(=O)N[C@@H](CCCN=C(N)N)C(=O)C[C@@H](CCCN=C(N)N)C(=O)NCC(=O)C(C)C. The number of Topliss-reactive ketones (excluding diaryl/α,β-unsaturated/α-hetero) is 4. The number of nitrogens with one attached hydrogen (secondary N) is 3. The first kappa shape index (κ1) is 58.4. The standard InChI is InChI=1S/C40H76N18O7/c1-23(2)32(62)22-56-33(63)26(10-5-15-52-37(43)44)20-30(60)28(12-7-17-54-39(47)48)58-35(65)27(11-6-16-53-38(45)46)21-31(61)29(13-8-18-55-40(49)50)57-34(64)25(19-24(3)59)9-4-14-51-36(41)42/h23,25-29H,4-22H2,1-3H3,(H,56,63)(H,57,64)(H,58,65)(H4,41,42,51)(H4,43,44,52)(H4,45,46,53)(H4,47,48,54)(H4,49,50,55)/t25-,26-,27-,28+,29+/m1/s1. The van der Waals surface area contributed by atoms with Crippen LogP contribution in [0.15, 0.2) is 25.0 Å². The van der Waals surface area contributed by atoms with Gasteiger partial charge < -0.3 is 78.1 Å². The molecule has 0 aromatic carbocycles. The van der Waals surface area contributed by atoms with Gasteiger partial charge in [-0.05, 0) is 71.1 Å². The lowest BCUT2D eigenvalue weighted by Gasteiger charge is -2.26. The van der Waals surface area contributed by atoms with Gasteiger partial charge in [0.25, 0.3) is 0 Å². The molecule has 0 aliphatic heterocycles. The molecule has 0 radical (unpaired) electrons. The number of hydrogen-bond acceptors (Lipinski definition) is 12. The number of aliphatic imine (C=N–C) groups is 5. The molecule has 0 aromatic rings. The Kier molecular flexibility index (Phi) is 29.7. The number of guanidine groups is 5. The molecule has 368 valence electrons. The van der Waals surface area contributed by atoms with E-state index in [0.29, 0.717) is 12.8 Å². The van der Waals surface area contributed by atoms with Crippen LogP contribution in [-0.2, 0) is 33.6 Å². The Labute approximate surface area is 381 Å². The number of rotatable bonds is 36. The van der Waals surface area contributed by atoms with E-state index >= 15 is 0 Å². The van der Waals surface area contributed by atoms with Crippen molar-refractivity contribution in [1.82, 2.24) is 16.0 Å². The van der Waals surface area contributed by atoms with Crippen LogP contribution in [0.2, 0.25) is 0 Å². The summed E-state index contributed by atoms with van der Waals surface area (Å²) in [5.74, 6) is -7.18. The smallest absolute Gasteiger partial charge is 0.224 e. The molecule has 5 atom stereocenters. The van der Waals surface area contributed by atoms with Gasteiger partial charge in [-0.25, -0.2) is 0 Å². The topological polar surface area (TPSA) is 478 Å². The Morgan fingerprint density at radius 3 is 1.00 bits per heavy atom. The van der Waals surface area contributed by atoms with Gasteiger partial charge in [-0.3, -0.25) is 53.7 Å². The van der Waals surface area contributed by atoms with Crippen LogP contribution in [0, 0.1) is 23.7 Å². The van der Waals surface area contributed by atoms with Crippen LogP contribution in [0.5, 0.6) is 0 Å². The molecule has 0 aliphatic rings. The van der Waals surface area contributed by atoms with Gasteiger partial charge in [-0.15, -0.1) is 0 Å². The lowest BCUT2D eigenvalue weighted by Crippen LogP contribution is -2.48. The average Bonchev–Trinajstić information content (AvgIpc) is 3.21. The van der Waals surface area contributed by atoms with E-state index in [1.165, 1.54) is 6.92 Å². The van der Waals surface area contributed by atoms with E-state index in [2.05, 4.69) is 40.9 Å². The molecule has 0 fully saturated rings. The molecule has 25 heteroatoms. The van der Waals surface area contributed by atoms with Crippen LogP contribution in [-0.4, -0.2) is 122 Å². The minimum atomic E-state index is -1.17. The molecule has 0 saturated heterocycles. The van der Waals surface area contributed by atoms with Gasteiger partial charge in [0.15, 0.2) is 47.1 Å². The first-order chi connectivity index (χ1) is 30.5. The van der Waals surface area contributed by atoms with Crippen LogP contribution in [0.3, 0.4) is 0 Å². The maximum Gasteiger partial charge on any atom is 0.224 e. The first-order valence-electron chi connectivity index (χ1n) is 21.8. The van der Waals surface area contributed by atoms with Gasteiger partial charge in [-0.1, -0.05) is 13.8 Å². The van der Waals surface area contributed by atoms with Crippen molar-refractivity contribution in [2.75, 3.05) is 39.3 Å². The lowest BCUT2D eigenvalue weighted by molar-refractivity contribution is -0.135. The van der Waals surface area contributed by atoms with Crippen LogP contribution < -0.4 is 73.3 Å². The highest BCUT2D eigenvalue weighted by molar-refractivity contribution is 5.96. The second-order valence-corrected chi connectivity index (χ2v) is 16.0. The molecule has 25 nitrogen and oxygen atoms in total. The second-order valence-electron chi connectivity index (χ2n) is 16.0. The second kappa shape index (κ2) is 33.0. The summed E-state index contributed by atoms with van der Waals surface area (Å²) < 4.78 is 0. The Balaban J connectivity index is 6.81. The highest BCUT2D eigenvalue weighted by Crippen LogP contribution is 2.21. The molecule has 0 saturated carbocycles. The largest absolute Gasteiger partial charge is 0.370 e. The molecule has 0 rings (SSSR count).